The zero-order valence-corrected chi connectivity index (χ0v) is 11.8. The highest BCUT2D eigenvalue weighted by Crippen LogP contribution is 2.42. The SMILES string of the molecule is COC(=O)[C@H](N)CSc1c(O)cc(OC)c(O)c1C. The van der Waals surface area contributed by atoms with Crippen LogP contribution in [-0.4, -0.2) is 42.2 Å². The lowest BCUT2D eigenvalue weighted by Gasteiger charge is -2.14. The van der Waals surface area contributed by atoms with Gasteiger partial charge in [0.25, 0.3) is 0 Å². The fraction of sp³-hybridized carbons (Fsp3) is 0.417. The van der Waals surface area contributed by atoms with Crippen LogP contribution in [0.15, 0.2) is 11.0 Å². The van der Waals surface area contributed by atoms with Crippen LogP contribution in [0.1, 0.15) is 5.56 Å². The minimum absolute atomic E-state index is 0.0331. The summed E-state index contributed by atoms with van der Waals surface area (Å²) in [5.41, 5.74) is 6.08. The Bertz CT molecular complexity index is 478. The molecule has 0 bridgehead atoms. The predicted octanol–water partition coefficient (Wildman–Crippen LogP) is 1.01. The summed E-state index contributed by atoms with van der Waals surface area (Å²) in [5.74, 6) is -0.185. The number of phenols is 2. The maximum atomic E-state index is 11.2. The molecule has 1 rings (SSSR count). The molecule has 7 heteroatoms. The van der Waals surface area contributed by atoms with Crippen LogP contribution in [0.4, 0.5) is 0 Å². The highest BCUT2D eigenvalue weighted by Gasteiger charge is 2.19. The first-order valence-electron chi connectivity index (χ1n) is 5.48. The quantitative estimate of drug-likeness (QED) is 0.422. The molecular weight excluding hydrogens is 270 g/mol. The van der Waals surface area contributed by atoms with E-state index in [1.165, 1.54) is 32.0 Å². The largest absolute Gasteiger partial charge is 0.507 e. The van der Waals surface area contributed by atoms with Crippen molar-refractivity contribution in [2.45, 2.75) is 17.9 Å². The number of phenolic OH excluding ortho intramolecular Hbond substituents is 2. The number of benzene rings is 1. The summed E-state index contributed by atoms with van der Waals surface area (Å²) < 4.78 is 9.44. The first-order valence-corrected chi connectivity index (χ1v) is 6.46. The molecule has 0 aliphatic heterocycles. The Kier molecular flexibility index (Phi) is 5.31. The number of methoxy groups -OCH3 is 2. The van der Waals surface area contributed by atoms with Crippen LogP contribution in [0.25, 0.3) is 0 Å². The summed E-state index contributed by atoms with van der Waals surface area (Å²) in [6, 6.07) is 0.520. The van der Waals surface area contributed by atoms with Crippen molar-refractivity contribution in [1.82, 2.24) is 0 Å². The Balaban J connectivity index is 2.90. The molecule has 1 aromatic rings. The molecule has 0 fully saturated rings. The number of nitrogens with two attached hydrogens (primary N) is 1. The maximum absolute atomic E-state index is 11.2. The molecule has 0 aromatic heterocycles. The molecule has 0 aliphatic carbocycles. The maximum Gasteiger partial charge on any atom is 0.323 e. The number of esters is 1. The molecule has 0 heterocycles. The molecule has 19 heavy (non-hydrogen) atoms. The standard InChI is InChI=1S/C12H17NO5S/c1-6-10(15)9(17-2)4-8(14)11(6)19-5-7(13)12(16)18-3/h4,7,14-15H,5,13H2,1-3H3/t7-/m1/s1. The Hall–Kier alpha value is -1.60. The molecule has 0 amide bonds. The van der Waals surface area contributed by atoms with E-state index in [-0.39, 0.29) is 23.0 Å². The zero-order chi connectivity index (χ0) is 14.6. The molecule has 106 valence electrons. The third kappa shape index (κ3) is 3.45. The van der Waals surface area contributed by atoms with Gasteiger partial charge in [-0.1, -0.05) is 0 Å². The van der Waals surface area contributed by atoms with Crippen molar-refractivity contribution in [3.63, 3.8) is 0 Å². The smallest absolute Gasteiger partial charge is 0.323 e. The lowest BCUT2D eigenvalue weighted by atomic mass is 10.2. The van der Waals surface area contributed by atoms with Gasteiger partial charge >= 0.3 is 5.97 Å². The van der Waals surface area contributed by atoms with Gasteiger partial charge in [0, 0.05) is 17.4 Å². The average molecular weight is 287 g/mol. The van der Waals surface area contributed by atoms with Crippen molar-refractivity contribution in [3.8, 4) is 17.2 Å². The van der Waals surface area contributed by atoms with Gasteiger partial charge in [0.1, 0.15) is 11.8 Å². The number of aromatic hydroxyl groups is 2. The van der Waals surface area contributed by atoms with Crippen molar-refractivity contribution in [3.05, 3.63) is 11.6 Å². The van der Waals surface area contributed by atoms with Gasteiger partial charge in [0.05, 0.1) is 19.1 Å². The van der Waals surface area contributed by atoms with Gasteiger partial charge in [-0.15, -0.1) is 11.8 Å². The van der Waals surface area contributed by atoms with Gasteiger partial charge in [-0.3, -0.25) is 4.79 Å². The van der Waals surface area contributed by atoms with Gasteiger partial charge in [-0.2, -0.15) is 0 Å². The summed E-state index contributed by atoms with van der Waals surface area (Å²) in [6.45, 7) is 1.64. The van der Waals surface area contributed by atoms with Crippen LogP contribution in [-0.2, 0) is 9.53 Å². The van der Waals surface area contributed by atoms with Crippen LogP contribution in [0.2, 0.25) is 0 Å². The van der Waals surface area contributed by atoms with Crippen molar-refractivity contribution < 1.29 is 24.5 Å². The molecule has 0 spiro atoms. The van der Waals surface area contributed by atoms with Crippen molar-refractivity contribution in [2.24, 2.45) is 5.73 Å². The number of hydrogen-bond acceptors (Lipinski definition) is 7. The zero-order valence-electron chi connectivity index (χ0n) is 11.0. The van der Waals surface area contributed by atoms with E-state index in [2.05, 4.69) is 4.74 Å². The summed E-state index contributed by atoms with van der Waals surface area (Å²) in [7, 11) is 2.66. The Morgan fingerprint density at radius 1 is 1.47 bits per heavy atom. The van der Waals surface area contributed by atoms with Gasteiger partial charge in [-0.05, 0) is 6.92 Å². The minimum Gasteiger partial charge on any atom is -0.507 e. The molecule has 0 saturated carbocycles. The number of carbonyl (C=O) groups excluding carboxylic acids is 1. The molecular formula is C12H17NO5S. The lowest BCUT2D eigenvalue weighted by molar-refractivity contribution is -0.141. The fourth-order valence-electron chi connectivity index (χ4n) is 1.47. The van der Waals surface area contributed by atoms with Gasteiger partial charge in [0.15, 0.2) is 11.5 Å². The first kappa shape index (κ1) is 15.5. The number of thioether (sulfide) groups is 1. The summed E-state index contributed by atoms with van der Waals surface area (Å²) in [6.07, 6.45) is 0. The summed E-state index contributed by atoms with van der Waals surface area (Å²) >= 11 is 1.17. The number of hydrogen-bond donors (Lipinski definition) is 3. The van der Waals surface area contributed by atoms with E-state index in [9.17, 15) is 15.0 Å². The topological polar surface area (TPSA) is 102 Å². The predicted molar refractivity (Wildman–Crippen MR) is 71.8 cm³/mol. The second-order valence-electron chi connectivity index (χ2n) is 3.84. The normalized spacial score (nSPS) is 12.0. The fourth-order valence-corrected chi connectivity index (χ4v) is 2.48. The monoisotopic (exact) mass is 287 g/mol. The van der Waals surface area contributed by atoms with E-state index in [4.69, 9.17) is 10.5 Å². The van der Waals surface area contributed by atoms with Crippen LogP contribution >= 0.6 is 11.8 Å². The van der Waals surface area contributed by atoms with Crippen LogP contribution in [0.5, 0.6) is 17.2 Å². The van der Waals surface area contributed by atoms with E-state index in [1.807, 2.05) is 0 Å². The number of carbonyl (C=O) groups is 1. The third-order valence-corrected chi connectivity index (χ3v) is 3.89. The Morgan fingerprint density at radius 3 is 2.63 bits per heavy atom. The average Bonchev–Trinajstić information content (AvgIpc) is 2.41. The molecule has 0 saturated heterocycles. The van der Waals surface area contributed by atoms with Crippen LogP contribution < -0.4 is 10.5 Å². The molecule has 1 aromatic carbocycles. The second kappa shape index (κ2) is 6.53. The van der Waals surface area contributed by atoms with E-state index in [1.54, 1.807) is 6.92 Å². The van der Waals surface area contributed by atoms with E-state index in [0.29, 0.717) is 10.5 Å². The molecule has 0 aliphatic rings. The van der Waals surface area contributed by atoms with E-state index in [0.717, 1.165) is 0 Å². The second-order valence-corrected chi connectivity index (χ2v) is 4.87. The Labute approximate surface area is 115 Å². The molecule has 0 unspecified atom stereocenters. The van der Waals surface area contributed by atoms with Gasteiger partial charge < -0.3 is 25.4 Å². The molecule has 0 radical (unpaired) electrons. The van der Waals surface area contributed by atoms with Crippen LogP contribution in [0.3, 0.4) is 0 Å². The van der Waals surface area contributed by atoms with Crippen LogP contribution in [0, 0.1) is 6.92 Å². The van der Waals surface area contributed by atoms with Gasteiger partial charge in [-0.25, -0.2) is 0 Å². The Morgan fingerprint density at radius 2 is 2.11 bits per heavy atom. The molecule has 6 nitrogen and oxygen atoms in total. The minimum atomic E-state index is -0.793. The van der Waals surface area contributed by atoms with Crippen molar-refractivity contribution in [1.29, 1.82) is 0 Å². The van der Waals surface area contributed by atoms with Crippen molar-refractivity contribution in [2.75, 3.05) is 20.0 Å². The highest BCUT2D eigenvalue weighted by molar-refractivity contribution is 7.99. The van der Waals surface area contributed by atoms with E-state index < -0.39 is 12.0 Å². The highest BCUT2D eigenvalue weighted by atomic mass is 32.2. The molecule has 1 atom stereocenters. The van der Waals surface area contributed by atoms with Crippen molar-refractivity contribution >= 4 is 17.7 Å². The van der Waals surface area contributed by atoms with E-state index >= 15 is 0 Å². The summed E-state index contributed by atoms with van der Waals surface area (Å²) in [5, 5.41) is 19.7. The summed E-state index contributed by atoms with van der Waals surface area (Å²) in [4.78, 5) is 11.6. The first-order chi connectivity index (χ1) is 8.92. The van der Waals surface area contributed by atoms with Gasteiger partial charge in [0.2, 0.25) is 0 Å². The number of ether oxygens (including phenoxy) is 2. The number of rotatable bonds is 5. The molecule has 4 N–H and O–H groups in total. The third-order valence-electron chi connectivity index (χ3n) is 2.56. The lowest BCUT2D eigenvalue weighted by Crippen LogP contribution is -2.33.